The van der Waals surface area contributed by atoms with Gasteiger partial charge in [-0.1, -0.05) is 31.5 Å². The zero-order valence-corrected chi connectivity index (χ0v) is 11.6. The SMILES string of the molecule is CC(C)CCN(C)c1cc(Cl)ccc1CCl. The van der Waals surface area contributed by atoms with Crippen LogP contribution in [0.1, 0.15) is 25.8 Å². The highest BCUT2D eigenvalue weighted by Crippen LogP contribution is 2.25. The predicted octanol–water partition coefficient (Wildman–Crippen LogP) is 4.56. The summed E-state index contributed by atoms with van der Waals surface area (Å²) in [6.45, 7) is 5.49. The summed E-state index contributed by atoms with van der Waals surface area (Å²) in [5.74, 6) is 1.24. The third-order valence-electron chi connectivity index (χ3n) is 2.64. The first-order chi connectivity index (χ1) is 7.54. The smallest absolute Gasteiger partial charge is 0.0494 e. The van der Waals surface area contributed by atoms with Crippen LogP contribution in [0.25, 0.3) is 0 Å². The molecule has 0 aliphatic rings. The van der Waals surface area contributed by atoms with E-state index < -0.39 is 0 Å². The van der Waals surface area contributed by atoms with Crippen LogP contribution in [0.2, 0.25) is 5.02 Å². The number of anilines is 1. The fourth-order valence-corrected chi connectivity index (χ4v) is 1.97. The van der Waals surface area contributed by atoms with Gasteiger partial charge in [-0.3, -0.25) is 0 Å². The van der Waals surface area contributed by atoms with Gasteiger partial charge in [-0.05, 0) is 30.0 Å². The Morgan fingerprint density at radius 1 is 1.31 bits per heavy atom. The molecule has 0 aromatic heterocycles. The molecule has 3 heteroatoms. The van der Waals surface area contributed by atoms with Gasteiger partial charge in [-0.2, -0.15) is 0 Å². The molecule has 0 atom stereocenters. The van der Waals surface area contributed by atoms with Crippen molar-refractivity contribution in [1.82, 2.24) is 0 Å². The van der Waals surface area contributed by atoms with E-state index in [1.165, 1.54) is 6.42 Å². The maximum absolute atomic E-state index is 6.01. The lowest BCUT2D eigenvalue weighted by molar-refractivity contribution is 0.585. The molecule has 0 fully saturated rings. The molecule has 0 N–H and O–H groups in total. The van der Waals surface area contributed by atoms with Gasteiger partial charge < -0.3 is 4.90 Å². The van der Waals surface area contributed by atoms with Crippen molar-refractivity contribution >= 4 is 28.9 Å². The second-order valence-corrected chi connectivity index (χ2v) is 5.21. The average molecular weight is 260 g/mol. The molecule has 0 radical (unpaired) electrons. The van der Waals surface area contributed by atoms with Crippen molar-refractivity contribution in [2.45, 2.75) is 26.1 Å². The third-order valence-corrected chi connectivity index (χ3v) is 3.17. The molecular formula is C13H19Cl2N. The molecule has 0 amide bonds. The van der Waals surface area contributed by atoms with E-state index in [9.17, 15) is 0 Å². The molecule has 0 unspecified atom stereocenters. The van der Waals surface area contributed by atoms with Crippen molar-refractivity contribution < 1.29 is 0 Å². The second-order valence-electron chi connectivity index (χ2n) is 4.51. The van der Waals surface area contributed by atoms with E-state index in [1.807, 2.05) is 18.2 Å². The molecule has 0 aliphatic carbocycles. The zero-order chi connectivity index (χ0) is 12.1. The number of nitrogens with zero attached hydrogens (tertiary/aromatic N) is 1. The molecule has 0 spiro atoms. The average Bonchev–Trinajstić information content (AvgIpc) is 2.25. The Hall–Kier alpha value is -0.400. The lowest BCUT2D eigenvalue weighted by Gasteiger charge is -2.23. The first-order valence-corrected chi connectivity index (χ1v) is 6.51. The molecule has 0 saturated heterocycles. The van der Waals surface area contributed by atoms with Crippen molar-refractivity contribution in [3.8, 4) is 0 Å². The minimum atomic E-state index is 0.526. The molecule has 1 aromatic rings. The van der Waals surface area contributed by atoms with Gasteiger partial charge in [0.2, 0.25) is 0 Å². The van der Waals surface area contributed by atoms with Crippen molar-refractivity contribution in [2.75, 3.05) is 18.5 Å². The van der Waals surface area contributed by atoms with Gasteiger partial charge in [-0.15, -0.1) is 11.6 Å². The third kappa shape index (κ3) is 3.88. The van der Waals surface area contributed by atoms with Crippen LogP contribution in [0.5, 0.6) is 0 Å². The first kappa shape index (κ1) is 13.7. The number of rotatable bonds is 5. The van der Waals surface area contributed by atoms with Gasteiger partial charge in [0.15, 0.2) is 0 Å². The Morgan fingerprint density at radius 3 is 2.56 bits per heavy atom. The molecule has 0 bridgehead atoms. The highest BCUT2D eigenvalue weighted by Gasteiger charge is 2.08. The van der Waals surface area contributed by atoms with Crippen LogP contribution in [0.4, 0.5) is 5.69 Å². The molecule has 90 valence electrons. The van der Waals surface area contributed by atoms with Crippen molar-refractivity contribution in [1.29, 1.82) is 0 Å². The normalized spacial score (nSPS) is 10.9. The topological polar surface area (TPSA) is 3.24 Å². The molecule has 0 heterocycles. The lowest BCUT2D eigenvalue weighted by Crippen LogP contribution is -2.21. The standard InChI is InChI=1S/C13H19Cl2N/c1-10(2)6-7-16(3)13-8-12(15)5-4-11(13)9-14/h4-5,8,10H,6-7,9H2,1-3H3. The van der Waals surface area contributed by atoms with Gasteiger partial charge in [-0.25, -0.2) is 0 Å². The summed E-state index contributed by atoms with van der Waals surface area (Å²) >= 11 is 11.9. The van der Waals surface area contributed by atoms with Crippen LogP contribution in [0.15, 0.2) is 18.2 Å². The van der Waals surface area contributed by atoms with Gasteiger partial charge in [0, 0.05) is 30.2 Å². The number of alkyl halides is 1. The Morgan fingerprint density at radius 2 is 2.00 bits per heavy atom. The Bertz CT molecular complexity index is 337. The monoisotopic (exact) mass is 259 g/mol. The summed E-state index contributed by atoms with van der Waals surface area (Å²) < 4.78 is 0. The van der Waals surface area contributed by atoms with Crippen molar-refractivity contribution in [2.24, 2.45) is 5.92 Å². The van der Waals surface area contributed by atoms with Gasteiger partial charge in [0.05, 0.1) is 0 Å². The second kappa shape index (κ2) is 6.36. The highest BCUT2D eigenvalue weighted by molar-refractivity contribution is 6.31. The summed E-state index contributed by atoms with van der Waals surface area (Å²) in [4.78, 5) is 2.23. The maximum atomic E-state index is 6.01. The van der Waals surface area contributed by atoms with Crippen LogP contribution in [-0.2, 0) is 5.88 Å². The summed E-state index contributed by atoms with van der Waals surface area (Å²) in [5, 5.41) is 0.764. The van der Waals surface area contributed by atoms with Crippen LogP contribution in [0, 0.1) is 5.92 Å². The Kier molecular flexibility index (Phi) is 5.43. The van der Waals surface area contributed by atoms with E-state index in [2.05, 4.69) is 25.8 Å². The molecule has 1 aromatic carbocycles. The van der Waals surface area contributed by atoms with Crippen molar-refractivity contribution in [3.05, 3.63) is 28.8 Å². The molecule has 0 saturated carbocycles. The van der Waals surface area contributed by atoms with E-state index in [1.54, 1.807) is 0 Å². The number of hydrogen-bond donors (Lipinski definition) is 0. The highest BCUT2D eigenvalue weighted by atomic mass is 35.5. The van der Waals surface area contributed by atoms with E-state index in [0.29, 0.717) is 11.8 Å². The van der Waals surface area contributed by atoms with Crippen molar-refractivity contribution in [3.63, 3.8) is 0 Å². The molecule has 1 nitrogen and oxygen atoms in total. The van der Waals surface area contributed by atoms with Gasteiger partial charge in [0.1, 0.15) is 0 Å². The summed E-state index contributed by atoms with van der Waals surface area (Å²) in [7, 11) is 2.09. The number of hydrogen-bond acceptors (Lipinski definition) is 1. The molecule has 16 heavy (non-hydrogen) atoms. The fourth-order valence-electron chi connectivity index (χ4n) is 1.58. The van der Waals surface area contributed by atoms with Gasteiger partial charge >= 0.3 is 0 Å². The summed E-state index contributed by atoms with van der Waals surface area (Å²) in [6, 6.07) is 5.87. The summed E-state index contributed by atoms with van der Waals surface area (Å²) in [6.07, 6.45) is 1.17. The van der Waals surface area contributed by atoms with Crippen LogP contribution >= 0.6 is 23.2 Å². The molecule has 1 rings (SSSR count). The largest absolute Gasteiger partial charge is 0.374 e. The minimum absolute atomic E-state index is 0.526. The van der Waals surface area contributed by atoms with Crippen LogP contribution < -0.4 is 4.90 Å². The van der Waals surface area contributed by atoms with E-state index in [0.717, 1.165) is 22.8 Å². The fraction of sp³-hybridized carbons (Fsp3) is 0.538. The number of halogens is 2. The molecular weight excluding hydrogens is 241 g/mol. The van der Waals surface area contributed by atoms with E-state index >= 15 is 0 Å². The quantitative estimate of drug-likeness (QED) is 0.701. The lowest BCUT2D eigenvalue weighted by atomic mass is 10.1. The molecule has 0 aliphatic heterocycles. The van der Waals surface area contributed by atoms with Crippen LogP contribution in [0.3, 0.4) is 0 Å². The zero-order valence-electron chi connectivity index (χ0n) is 10.1. The first-order valence-electron chi connectivity index (χ1n) is 5.60. The maximum Gasteiger partial charge on any atom is 0.0494 e. The summed E-state index contributed by atoms with van der Waals surface area (Å²) in [5.41, 5.74) is 2.28. The van der Waals surface area contributed by atoms with Crippen LogP contribution in [-0.4, -0.2) is 13.6 Å². The van der Waals surface area contributed by atoms with E-state index in [4.69, 9.17) is 23.2 Å². The Balaban J connectivity index is 2.80. The van der Waals surface area contributed by atoms with E-state index in [-0.39, 0.29) is 0 Å². The minimum Gasteiger partial charge on any atom is -0.374 e. The Labute approximate surface area is 108 Å². The predicted molar refractivity (Wildman–Crippen MR) is 73.7 cm³/mol. The van der Waals surface area contributed by atoms with Gasteiger partial charge in [0.25, 0.3) is 0 Å². The number of benzene rings is 1.